The minimum atomic E-state index is -1.06. The third kappa shape index (κ3) is 3.96. The van der Waals surface area contributed by atoms with Crippen LogP contribution in [-0.2, 0) is 4.79 Å². The summed E-state index contributed by atoms with van der Waals surface area (Å²) in [4.78, 5) is 26.7. The van der Waals surface area contributed by atoms with Crippen molar-refractivity contribution in [1.29, 1.82) is 0 Å². The third-order valence-corrected chi connectivity index (χ3v) is 2.91. The van der Waals surface area contributed by atoms with Gasteiger partial charge in [-0.3, -0.25) is 9.78 Å². The number of hydrogen-bond acceptors (Lipinski definition) is 3. The highest BCUT2D eigenvalue weighted by atomic mass is 79.9. The van der Waals surface area contributed by atoms with Gasteiger partial charge in [0.25, 0.3) is 5.91 Å². The molecule has 0 aliphatic rings. The number of nitrogens with zero attached hydrogens (tertiary/aromatic N) is 1. The van der Waals surface area contributed by atoms with Crippen LogP contribution in [0.2, 0.25) is 0 Å². The number of aliphatic carboxylic acids is 1. The number of halogens is 1. The Kier molecular flexibility index (Phi) is 5.51. The Morgan fingerprint density at radius 3 is 2.89 bits per heavy atom. The third-order valence-electron chi connectivity index (χ3n) is 2.28. The van der Waals surface area contributed by atoms with Crippen molar-refractivity contribution < 1.29 is 14.7 Å². The zero-order valence-corrected chi connectivity index (χ0v) is 11.2. The van der Waals surface area contributed by atoms with E-state index < -0.39 is 17.9 Å². The molecule has 0 aromatic carbocycles. The summed E-state index contributed by atoms with van der Waals surface area (Å²) in [7, 11) is 0. The van der Waals surface area contributed by atoms with Crippen LogP contribution in [0.5, 0.6) is 0 Å². The summed E-state index contributed by atoms with van der Waals surface area (Å²) in [5.74, 6) is -1.50. The lowest BCUT2D eigenvalue weighted by atomic mass is 10.1. The molecule has 0 saturated heterocycles. The highest BCUT2D eigenvalue weighted by molar-refractivity contribution is 9.10. The molecule has 96 valence electrons. The molecule has 1 aromatic rings. The molecule has 6 heteroatoms. The van der Waals surface area contributed by atoms with Crippen LogP contribution in [0.25, 0.3) is 0 Å². The SMILES string of the molecule is C=CCCC(NC(=O)c1ccncc1Br)C(=O)O. The Morgan fingerprint density at radius 2 is 2.33 bits per heavy atom. The summed E-state index contributed by atoms with van der Waals surface area (Å²) >= 11 is 3.19. The maximum Gasteiger partial charge on any atom is 0.326 e. The van der Waals surface area contributed by atoms with Gasteiger partial charge in [0, 0.05) is 16.9 Å². The van der Waals surface area contributed by atoms with E-state index in [0.29, 0.717) is 22.9 Å². The van der Waals surface area contributed by atoms with Crippen molar-refractivity contribution in [2.24, 2.45) is 0 Å². The zero-order valence-electron chi connectivity index (χ0n) is 9.60. The van der Waals surface area contributed by atoms with Crippen LogP contribution < -0.4 is 5.32 Å². The number of nitrogens with one attached hydrogen (secondary N) is 1. The molecule has 1 rings (SSSR count). The summed E-state index contributed by atoms with van der Waals surface area (Å²) in [5, 5.41) is 11.5. The van der Waals surface area contributed by atoms with Gasteiger partial charge >= 0.3 is 5.97 Å². The predicted octanol–water partition coefficient (Wildman–Crippen LogP) is 1.99. The lowest BCUT2D eigenvalue weighted by molar-refractivity contribution is -0.139. The maximum absolute atomic E-state index is 11.9. The molecule has 1 atom stereocenters. The first kappa shape index (κ1) is 14.4. The van der Waals surface area contributed by atoms with Crippen molar-refractivity contribution in [3.63, 3.8) is 0 Å². The van der Waals surface area contributed by atoms with Crippen LogP contribution in [0.3, 0.4) is 0 Å². The number of aromatic nitrogens is 1. The van der Waals surface area contributed by atoms with Crippen LogP contribution in [0, 0.1) is 0 Å². The summed E-state index contributed by atoms with van der Waals surface area (Å²) < 4.78 is 0.523. The number of pyridine rings is 1. The Labute approximate surface area is 113 Å². The van der Waals surface area contributed by atoms with Gasteiger partial charge in [-0.1, -0.05) is 6.08 Å². The number of amides is 1. The second-order valence-corrected chi connectivity index (χ2v) is 4.44. The maximum atomic E-state index is 11.9. The van der Waals surface area contributed by atoms with Gasteiger partial charge in [0.15, 0.2) is 0 Å². The minimum absolute atomic E-state index is 0.313. The van der Waals surface area contributed by atoms with E-state index in [9.17, 15) is 9.59 Å². The van der Waals surface area contributed by atoms with Gasteiger partial charge in [-0.05, 0) is 34.8 Å². The number of carboxylic acids is 1. The Bertz CT molecular complexity index is 462. The van der Waals surface area contributed by atoms with E-state index in [1.165, 1.54) is 18.5 Å². The van der Waals surface area contributed by atoms with Crippen molar-refractivity contribution in [2.75, 3.05) is 0 Å². The molecule has 18 heavy (non-hydrogen) atoms. The zero-order chi connectivity index (χ0) is 13.5. The van der Waals surface area contributed by atoms with Crippen LogP contribution >= 0.6 is 15.9 Å². The van der Waals surface area contributed by atoms with Crippen molar-refractivity contribution in [3.05, 3.63) is 41.2 Å². The van der Waals surface area contributed by atoms with Gasteiger partial charge in [-0.25, -0.2) is 4.79 Å². The molecule has 0 radical (unpaired) electrons. The average Bonchev–Trinajstić information content (AvgIpc) is 2.34. The van der Waals surface area contributed by atoms with E-state index in [0.717, 1.165) is 0 Å². The molecule has 0 aliphatic heterocycles. The van der Waals surface area contributed by atoms with Crippen LogP contribution in [-0.4, -0.2) is 28.0 Å². The van der Waals surface area contributed by atoms with Crippen molar-refractivity contribution >= 4 is 27.8 Å². The van der Waals surface area contributed by atoms with Crippen LogP contribution in [0.1, 0.15) is 23.2 Å². The first-order chi connectivity index (χ1) is 8.56. The van der Waals surface area contributed by atoms with Gasteiger partial charge in [-0.2, -0.15) is 0 Å². The van der Waals surface area contributed by atoms with E-state index in [2.05, 4.69) is 32.8 Å². The van der Waals surface area contributed by atoms with E-state index in [1.807, 2.05) is 0 Å². The lowest BCUT2D eigenvalue weighted by Crippen LogP contribution is -2.40. The van der Waals surface area contributed by atoms with Gasteiger partial charge in [0.2, 0.25) is 0 Å². The number of carbonyl (C=O) groups excluding carboxylic acids is 1. The molecule has 0 fully saturated rings. The number of hydrogen-bond donors (Lipinski definition) is 2. The van der Waals surface area contributed by atoms with Crippen LogP contribution in [0.15, 0.2) is 35.6 Å². The standard InChI is InChI=1S/C12H13BrN2O3/c1-2-3-4-10(12(17)18)15-11(16)8-5-6-14-7-9(8)13/h2,5-7,10H,1,3-4H2,(H,15,16)(H,17,18). The smallest absolute Gasteiger partial charge is 0.326 e. The number of carbonyl (C=O) groups is 2. The molecule has 1 amide bonds. The fourth-order valence-corrected chi connectivity index (χ4v) is 1.77. The normalized spacial score (nSPS) is 11.6. The summed E-state index contributed by atoms with van der Waals surface area (Å²) in [6, 6.07) is 0.599. The second-order valence-electron chi connectivity index (χ2n) is 3.59. The Hall–Kier alpha value is -1.69. The number of allylic oxidation sites excluding steroid dienone is 1. The Balaban J connectivity index is 2.75. The van der Waals surface area contributed by atoms with E-state index in [4.69, 9.17) is 5.11 Å². The van der Waals surface area contributed by atoms with E-state index in [-0.39, 0.29) is 0 Å². The molecule has 0 spiro atoms. The minimum Gasteiger partial charge on any atom is -0.480 e. The molecular weight excluding hydrogens is 300 g/mol. The molecule has 5 nitrogen and oxygen atoms in total. The molecule has 2 N–H and O–H groups in total. The highest BCUT2D eigenvalue weighted by Gasteiger charge is 2.20. The molecule has 1 unspecified atom stereocenters. The van der Waals surface area contributed by atoms with Gasteiger partial charge in [0.05, 0.1) is 5.56 Å². The van der Waals surface area contributed by atoms with Crippen LogP contribution in [0.4, 0.5) is 0 Å². The molecule has 0 saturated carbocycles. The molecule has 1 heterocycles. The van der Waals surface area contributed by atoms with Gasteiger partial charge in [0.1, 0.15) is 6.04 Å². The fraction of sp³-hybridized carbons (Fsp3) is 0.250. The largest absolute Gasteiger partial charge is 0.480 e. The number of carboxylic acid groups (broad SMARTS) is 1. The van der Waals surface area contributed by atoms with E-state index >= 15 is 0 Å². The predicted molar refractivity (Wildman–Crippen MR) is 70.3 cm³/mol. The molecular formula is C12H13BrN2O3. The topological polar surface area (TPSA) is 79.3 Å². The van der Waals surface area contributed by atoms with Crippen molar-refractivity contribution in [2.45, 2.75) is 18.9 Å². The fourth-order valence-electron chi connectivity index (χ4n) is 1.34. The first-order valence-corrected chi connectivity index (χ1v) is 6.09. The highest BCUT2D eigenvalue weighted by Crippen LogP contribution is 2.14. The summed E-state index contributed by atoms with van der Waals surface area (Å²) in [6.07, 6.45) is 5.40. The lowest BCUT2D eigenvalue weighted by Gasteiger charge is -2.14. The molecule has 0 bridgehead atoms. The summed E-state index contributed by atoms with van der Waals surface area (Å²) in [5.41, 5.74) is 0.356. The van der Waals surface area contributed by atoms with E-state index in [1.54, 1.807) is 6.08 Å². The summed E-state index contributed by atoms with van der Waals surface area (Å²) in [6.45, 7) is 3.52. The molecule has 1 aromatic heterocycles. The molecule has 0 aliphatic carbocycles. The van der Waals surface area contributed by atoms with Crippen molar-refractivity contribution in [3.8, 4) is 0 Å². The second kappa shape index (κ2) is 6.90. The monoisotopic (exact) mass is 312 g/mol. The quantitative estimate of drug-likeness (QED) is 0.787. The van der Waals surface area contributed by atoms with Crippen molar-refractivity contribution in [1.82, 2.24) is 10.3 Å². The first-order valence-electron chi connectivity index (χ1n) is 5.30. The number of rotatable bonds is 6. The average molecular weight is 313 g/mol. The van der Waals surface area contributed by atoms with Gasteiger partial charge in [-0.15, -0.1) is 6.58 Å². The van der Waals surface area contributed by atoms with Gasteiger partial charge < -0.3 is 10.4 Å². The Morgan fingerprint density at radius 1 is 1.61 bits per heavy atom.